The standard InChI is InChI=1S/C29H17F7O9/c1-15(30)26(38)42-11-10-41-24(37)9-4-16-2-5-17(6-3-16)43-27(39)20-8-7-18(12-21(20)31)44-28(40)25-22(32)13-19(14-23(25)33)45-29(34,35)36/h2-9,12-14H,1,10-11H2/b9-4+. The molecule has 3 aromatic carbocycles. The molecule has 0 spiro atoms. The van der Waals surface area contributed by atoms with Crippen LogP contribution in [0.3, 0.4) is 0 Å². The summed E-state index contributed by atoms with van der Waals surface area (Å²) in [5.41, 5.74) is -1.57. The molecule has 0 N–H and O–H groups in total. The second-order valence-electron chi connectivity index (χ2n) is 8.34. The van der Waals surface area contributed by atoms with E-state index >= 15 is 0 Å². The number of ether oxygens (including phenoxy) is 5. The van der Waals surface area contributed by atoms with Crippen LogP contribution in [0.15, 0.2) is 73.1 Å². The van der Waals surface area contributed by atoms with Crippen LogP contribution in [0.4, 0.5) is 30.7 Å². The van der Waals surface area contributed by atoms with Crippen molar-refractivity contribution in [1.29, 1.82) is 0 Å². The highest BCUT2D eigenvalue weighted by Gasteiger charge is 2.32. The maximum absolute atomic E-state index is 14.6. The molecule has 0 aliphatic rings. The molecule has 0 unspecified atom stereocenters. The Labute approximate surface area is 248 Å². The Morgan fingerprint density at radius 1 is 0.733 bits per heavy atom. The third kappa shape index (κ3) is 10.2. The van der Waals surface area contributed by atoms with Gasteiger partial charge in [-0.2, -0.15) is 4.39 Å². The molecule has 0 radical (unpaired) electrons. The van der Waals surface area contributed by atoms with Crippen molar-refractivity contribution in [1.82, 2.24) is 0 Å². The van der Waals surface area contributed by atoms with Crippen molar-refractivity contribution >= 4 is 30.0 Å². The van der Waals surface area contributed by atoms with Crippen molar-refractivity contribution < 1.29 is 73.6 Å². The number of alkyl halides is 3. The maximum Gasteiger partial charge on any atom is 0.573 e. The molecule has 45 heavy (non-hydrogen) atoms. The zero-order chi connectivity index (χ0) is 33.3. The highest BCUT2D eigenvalue weighted by Crippen LogP contribution is 2.28. The minimum absolute atomic E-state index is 0.0465. The summed E-state index contributed by atoms with van der Waals surface area (Å²) in [7, 11) is 0. The van der Waals surface area contributed by atoms with Crippen molar-refractivity contribution in [2.24, 2.45) is 0 Å². The van der Waals surface area contributed by atoms with Crippen molar-refractivity contribution in [2.75, 3.05) is 13.2 Å². The summed E-state index contributed by atoms with van der Waals surface area (Å²) in [6, 6.07) is 7.89. The molecule has 3 rings (SSSR count). The van der Waals surface area contributed by atoms with Gasteiger partial charge in [0.25, 0.3) is 0 Å². The van der Waals surface area contributed by atoms with Crippen LogP contribution in [0, 0.1) is 17.5 Å². The zero-order valence-corrected chi connectivity index (χ0v) is 22.3. The van der Waals surface area contributed by atoms with Crippen LogP contribution in [0.1, 0.15) is 26.3 Å². The van der Waals surface area contributed by atoms with Gasteiger partial charge >= 0.3 is 30.2 Å². The lowest BCUT2D eigenvalue weighted by molar-refractivity contribution is -0.274. The van der Waals surface area contributed by atoms with E-state index < -0.39 is 82.8 Å². The Morgan fingerprint density at radius 3 is 1.87 bits per heavy atom. The Balaban J connectivity index is 1.56. The van der Waals surface area contributed by atoms with Crippen molar-refractivity contribution in [3.63, 3.8) is 0 Å². The predicted octanol–water partition coefficient (Wildman–Crippen LogP) is 6.02. The van der Waals surface area contributed by atoms with Gasteiger partial charge in [-0.1, -0.05) is 18.7 Å². The molecule has 0 heterocycles. The molecule has 16 heteroatoms. The molecule has 0 aromatic heterocycles. The van der Waals surface area contributed by atoms with Gasteiger partial charge in [-0.15, -0.1) is 13.2 Å². The molecule has 0 aliphatic carbocycles. The normalized spacial score (nSPS) is 11.1. The number of benzene rings is 3. The Morgan fingerprint density at radius 2 is 1.29 bits per heavy atom. The van der Waals surface area contributed by atoms with Gasteiger partial charge in [-0.25, -0.2) is 32.3 Å². The second-order valence-corrected chi connectivity index (χ2v) is 8.34. The largest absolute Gasteiger partial charge is 0.573 e. The fourth-order valence-corrected chi connectivity index (χ4v) is 3.20. The van der Waals surface area contributed by atoms with Crippen LogP contribution >= 0.6 is 0 Å². The number of carbonyl (C=O) groups excluding carboxylic acids is 4. The number of rotatable bonds is 11. The zero-order valence-electron chi connectivity index (χ0n) is 22.3. The molecule has 0 atom stereocenters. The van der Waals surface area contributed by atoms with Gasteiger partial charge in [0.1, 0.15) is 53.5 Å². The first-order valence-electron chi connectivity index (χ1n) is 12.1. The van der Waals surface area contributed by atoms with Crippen LogP contribution in [0.2, 0.25) is 0 Å². The quantitative estimate of drug-likeness (QED) is 0.0814. The van der Waals surface area contributed by atoms with E-state index in [-0.39, 0.29) is 24.5 Å². The first-order chi connectivity index (χ1) is 21.1. The van der Waals surface area contributed by atoms with Gasteiger partial charge in [0, 0.05) is 24.3 Å². The Kier molecular flexibility index (Phi) is 11.0. The van der Waals surface area contributed by atoms with Gasteiger partial charge in [0.2, 0.25) is 5.83 Å². The van der Waals surface area contributed by atoms with Crippen molar-refractivity contribution in [3.8, 4) is 17.2 Å². The van der Waals surface area contributed by atoms with Gasteiger partial charge in [-0.05, 0) is 35.9 Å². The average molecular weight is 642 g/mol. The molecule has 0 amide bonds. The first kappa shape index (κ1) is 33.8. The number of hydrogen-bond donors (Lipinski definition) is 0. The molecular formula is C29H17F7O9. The number of halogens is 7. The van der Waals surface area contributed by atoms with E-state index in [0.29, 0.717) is 11.6 Å². The van der Waals surface area contributed by atoms with E-state index in [1.807, 2.05) is 0 Å². The molecule has 0 saturated carbocycles. The second kappa shape index (κ2) is 14.7. The molecular weight excluding hydrogens is 625 g/mol. The predicted molar refractivity (Wildman–Crippen MR) is 137 cm³/mol. The maximum atomic E-state index is 14.6. The van der Waals surface area contributed by atoms with Gasteiger partial charge in [0.05, 0.1) is 5.56 Å². The first-order valence-corrected chi connectivity index (χ1v) is 12.1. The number of esters is 4. The van der Waals surface area contributed by atoms with Crippen LogP contribution in [-0.4, -0.2) is 43.5 Å². The Hall–Kier alpha value is -5.67. The van der Waals surface area contributed by atoms with E-state index in [1.165, 1.54) is 30.3 Å². The van der Waals surface area contributed by atoms with Crippen LogP contribution in [0.25, 0.3) is 6.08 Å². The fourth-order valence-electron chi connectivity index (χ4n) is 3.20. The number of hydrogen-bond acceptors (Lipinski definition) is 9. The Bertz CT molecular complexity index is 1630. The summed E-state index contributed by atoms with van der Waals surface area (Å²) < 4.78 is 114. The summed E-state index contributed by atoms with van der Waals surface area (Å²) in [4.78, 5) is 47.2. The molecule has 0 bridgehead atoms. The molecule has 0 aliphatic heterocycles. The molecule has 236 valence electrons. The minimum Gasteiger partial charge on any atom is -0.459 e. The lowest BCUT2D eigenvalue weighted by Crippen LogP contribution is -2.19. The topological polar surface area (TPSA) is 114 Å². The summed E-state index contributed by atoms with van der Waals surface area (Å²) >= 11 is 0. The van der Waals surface area contributed by atoms with E-state index in [1.54, 1.807) is 0 Å². The number of carbonyl (C=O) groups is 4. The smallest absolute Gasteiger partial charge is 0.459 e. The van der Waals surface area contributed by atoms with Crippen LogP contribution in [-0.2, 0) is 19.1 Å². The monoisotopic (exact) mass is 642 g/mol. The third-order valence-electron chi connectivity index (χ3n) is 5.11. The molecule has 3 aromatic rings. The highest BCUT2D eigenvalue weighted by molar-refractivity contribution is 5.93. The van der Waals surface area contributed by atoms with Gasteiger partial charge < -0.3 is 23.7 Å². The third-order valence-corrected chi connectivity index (χ3v) is 5.11. The summed E-state index contributed by atoms with van der Waals surface area (Å²) in [6.07, 6.45) is -2.90. The average Bonchev–Trinajstić information content (AvgIpc) is 2.93. The van der Waals surface area contributed by atoms with Crippen molar-refractivity contribution in [2.45, 2.75) is 6.36 Å². The molecule has 0 saturated heterocycles. The SMILES string of the molecule is C=C(F)C(=O)OCCOC(=O)/C=C/c1ccc(OC(=O)c2ccc(OC(=O)c3c(F)cc(OC(F)(F)F)cc3F)cc2F)cc1. The van der Waals surface area contributed by atoms with Crippen molar-refractivity contribution in [3.05, 3.63) is 107 Å². The van der Waals surface area contributed by atoms with Crippen LogP contribution in [0.5, 0.6) is 17.2 Å². The van der Waals surface area contributed by atoms with Gasteiger partial charge in [-0.3, -0.25) is 0 Å². The lowest BCUT2D eigenvalue weighted by atomic mass is 10.1. The van der Waals surface area contributed by atoms with Gasteiger partial charge in [0.15, 0.2) is 0 Å². The molecule has 0 fully saturated rings. The summed E-state index contributed by atoms with van der Waals surface area (Å²) in [5.74, 6) is -13.0. The lowest BCUT2D eigenvalue weighted by Gasteiger charge is -2.11. The van der Waals surface area contributed by atoms with Crippen LogP contribution < -0.4 is 14.2 Å². The van der Waals surface area contributed by atoms with E-state index in [2.05, 4.69) is 20.8 Å². The minimum atomic E-state index is -5.25. The highest BCUT2D eigenvalue weighted by atomic mass is 19.4. The van der Waals surface area contributed by atoms with E-state index in [9.17, 15) is 49.9 Å². The van der Waals surface area contributed by atoms with E-state index in [0.717, 1.165) is 18.2 Å². The van der Waals surface area contributed by atoms with E-state index in [4.69, 9.17) is 9.47 Å². The fraction of sp³-hybridized carbons (Fsp3) is 0.103. The molecule has 9 nitrogen and oxygen atoms in total. The summed E-state index contributed by atoms with van der Waals surface area (Å²) in [6.45, 7) is 2.01. The summed E-state index contributed by atoms with van der Waals surface area (Å²) in [5, 5.41) is 0.